The van der Waals surface area contributed by atoms with E-state index in [1.807, 2.05) is 0 Å². The third-order valence-electron chi connectivity index (χ3n) is 4.83. The Balaban J connectivity index is 1.49. The first kappa shape index (κ1) is 20.0. The Labute approximate surface area is 176 Å². The Kier molecular flexibility index (Phi) is 5.84. The quantitative estimate of drug-likeness (QED) is 0.654. The average Bonchev–Trinajstić information content (AvgIpc) is 3.37. The molecule has 1 aliphatic carbocycles. The second kappa shape index (κ2) is 8.19. The first-order valence-corrected chi connectivity index (χ1v) is 12.2. The molecule has 2 heterocycles. The van der Waals surface area contributed by atoms with Crippen LogP contribution >= 0.6 is 27.3 Å². The number of sulfonamides is 1. The number of nitrogens with zero attached hydrogens (tertiary/aromatic N) is 1. The van der Waals surface area contributed by atoms with E-state index in [-0.39, 0.29) is 23.1 Å². The van der Waals surface area contributed by atoms with Crippen molar-refractivity contribution in [1.82, 2.24) is 9.71 Å². The summed E-state index contributed by atoms with van der Waals surface area (Å²) in [4.78, 5) is 18.4. The number of amides is 1. The molecule has 1 fully saturated rings. The number of aromatic nitrogens is 1. The number of carbonyl (C=O) groups excluding carboxylic acids is 1. The van der Waals surface area contributed by atoms with Crippen LogP contribution < -0.4 is 10.0 Å². The van der Waals surface area contributed by atoms with Crippen LogP contribution in [0.25, 0.3) is 0 Å². The van der Waals surface area contributed by atoms with Crippen LogP contribution in [0.2, 0.25) is 0 Å². The maximum Gasteiger partial charge on any atom is 0.258 e. The van der Waals surface area contributed by atoms with Crippen LogP contribution in [0.15, 0.2) is 27.6 Å². The summed E-state index contributed by atoms with van der Waals surface area (Å²) >= 11 is 4.82. The minimum Gasteiger partial charge on any atom is -0.377 e. The average molecular weight is 486 g/mol. The number of hydrogen-bond donors (Lipinski definition) is 2. The highest BCUT2D eigenvalue weighted by Gasteiger charge is 2.23. The lowest BCUT2D eigenvalue weighted by molar-refractivity contribution is 0.102. The number of thiazole rings is 1. The fourth-order valence-electron chi connectivity index (χ4n) is 3.35. The lowest BCUT2D eigenvalue weighted by Crippen LogP contribution is -2.32. The Morgan fingerprint density at radius 3 is 2.93 bits per heavy atom. The van der Waals surface area contributed by atoms with E-state index in [9.17, 15) is 13.2 Å². The number of benzene rings is 1. The summed E-state index contributed by atoms with van der Waals surface area (Å²) in [5.74, 6) is -0.393. The lowest BCUT2D eigenvalue weighted by atomic mass is 10.2. The molecule has 1 amide bonds. The van der Waals surface area contributed by atoms with E-state index in [0.29, 0.717) is 16.2 Å². The molecule has 2 aliphatic rings. The van der Waals surface area contributed by atoms with Gasteiger partial charge in [-0.05, 0) is 66.2 Å². The van der Waals surface area contributed by atoms with Gasteiger partial charge in [-0.3, -0.25) is 10.1 Å². The van der Waals surface area contributed by atoms with E-state index in [1.165, 1.54) is 28.3 Å². The van der Waals surface area contributed by atoms with E-state index in [0.717, 1.165) is 37.8 Å². The Morgan fingerprint density at radius 2 is 2.18 bits per heavy atom. The van der Waals surface area contributed by atoms with Gasteiger partial charge in [-0.15, -0.1) is 11.3 Å². The van der Waals surface area contributed by atoms with Gasteiger partial charge < -0.3 is 4.74 Å². The highest BCUT2D eigenvalue weighted by atomic mass is 79.9. The van der Waals surface area contributed by atoms with Crippen molar-refractivity contribution < 1.29 is 17.9 Å². The van der Waals surface area contributed by atoms with Crippen molar-refractivity contribution in [2.45, 2.75) is 43.1 Å². The Morgan fingerprint density at radius 1 is 1.32 bits per heavy atom. The highest BCUT2D eigenvalue weighted by Crippen LogP contribution is 2.31. The third-order valence-corrected chi connectivity index (χ3v) is 8.02. The predicted octanol–water partition coefficient (Wildman–Crippen LogP) is 3.10. The zero-order chi connectivity index (χ0) is 19.7. The van der Waals surface area contributed by atoms with Crippen molar-refractivity contribution in [3.05, 3.63) is 38.8 Å². The van der Waals surface area contributed by atoms with Crippen molar-refractivity contribution in [3.63, 3.8) is 0 Å². The number of carbonyl (C=O) groups is 1. The van der Waals surface area contributed by atoms with Crippen LogP contribution in [-0.4, -0.2) is 38.6 Å². The van der Waals surface area contributed by atoms with Crippen LogP contribution in [0.1, 0.15) is 40.2 Å². The summed E-state index contributed by atoms with van der Waals surface area (Å²) in [5, 5.41) is 3.33. The molecule has 2 N–H and O–H groups in total. The summed E-state index contributed by atoms with van der Waals surface area (Å²) in [5.41, 5.74) is 1.30. The van der Waals surface area contributed by atoms with Gasteiger partial charge in [0.2, 0.25) is 10.0 Å². The molecule has 1 unspecified atom stereocenters. The van der Waals surface area contributed by atoms with Crippen molar-refractivity contribution >= 4 is 48.3 Å². The van der Waals surface area contributed by atoms with E-state index in [4.69, 9.17) is 4.74 Å². The monoisotopic (exact) mass is 485 g/mol. The van der Waals surface area contributed by atoms with E-state index in [2.05, 4.69) is 31.0 Å². The van der Waals surface area contributed by atoms with Gasteiger partial charge in [0.05, 0.1) is 22.3 Å². The van der Waals surface area contributed by atoms with Gasteiger partial charge in [0.1, 0.15) is 0 Å². The Bertz CT molecular complexity index is 979. The molecule has 2 aromatic rings. The second-order valence-electron chi connectivity index (χ2n) is 6.83. The fraction of sp³-hybridized carbons (Fsp3) is 0.444. The van der Waals surface area contributed by atoms with Gasteiger partial charge >= 0.3 is 0 Å². The number of ether oxygens (including phenoxy) is 1. The maximum atomic E-state index is 12.7. The molecule has 1 atom stereocenters. The first-order chi connectivity index (χ1) is 13.4. The number of anilines is 1. The van der Waals surface area contributed by atoms with Gasteiger partial charge in [-0.25, -0.2) is 18.1 Å². The third kappa shape index (κ3) is 4.30. The van der Waals surface area contributed by atoms with Gasteiger partial charge in [0, 0.05) is 22.5 Å². The molecule has 150 valence electrons. The molecular weight excluding hydrogens is 466 g/mol. The van der Waals surface area contributed by atoms with Crippen LogP contribution in [0.3, 0.4) is 0 Å². The number of nitrogens with one attached hydrogen (secondary N) is 2. The molecule has 4 rings (SSSR count). The summed E-state index contributed by atoms with van der Waals surface area (Å²) < 4.78 is 33.7. The van der Waals surface area contributed by atoms with Crippen molar-refractivity contribution in [3.8, 4) is 0 Å². The molecule has 0 saturated carbocycles. The van der Waals surface area contributed by atoms with E-state index >= 15 is 0 Å². The summed E-state index contributed by atoms with van der Waals surface area (Å²) in [6, 6.07) is 4.41. The van der Waals surface area contributed by atoms with Crippen molar-refractivity contribution in [2.24, 2.45) is 0 Å². The largest absolute Gasteiger partial charge is 0.377 e. The van der Waals surface area contributed by atoms with Crippen LogP contribution in [-0.2, 0) is 27.6 Å². The molecule has 7 nitrogen and oxygen atoms in total. The number of hydrogen-bond acceptors (Lipinski definition) is 6. The normalized spacial score (nSPS) is 19.0. The summed E-state index contributed by atoms with van der Waals surface area (Å²) in [7, 11) is -3.73. The Hall–Kier alpha value is -1.33. The molecule has 0 bridgehead atoms. The van der Waals surface area contributed by atoms with Gasteiger partial charge in [0.25, 0.3) is 5.91 Å². The van der Waals surface area contributed by atoms with Gasteiger partial charge in [0.15, 0.2) is 5.13 Å². The van der Waals surface area contributed by atoms with Crippen LogP contribution in [0.4, 0.5) is 5.13 Å². The lowest BCUT2D eigenvalue weighted by Gasteiger charge is -2.12. The van der Waals surface area contributed by atoms with Gasteiger partial charge in [-0.2, -0.15) is 0 Å². The molecule has 0 spiro atoms. The topological polar surface area (TPSA) is 97.4 Å². The van der Waals surface area contributed by atoms with Crippen LogP contribution in [0.5, 0.6) is 0 Å². The molecule has 1 aromatic carbocycles. The number of aryl methyl sites for hydroxylation is 2. The molecule has 10 heteroatoms. The van der Waals surface area contributed by atoms with Gasteiger partial charge in [-0.1, -0.05) is 0 Å². The zero-order valence-corrected chi connectivity index (χ0v) is 18.3. The summed E-state index contributed by atoms with van der Waals surface area (Å²) in [6.07, 6.45) is 4.72. The van der Waals surface area contributed by atoms with Crippen molar-refractivity contribution in [2.75, 3.05) is 18.5 Å². The first-order valence-electron chi connectivity index (χ1n) is 9.13. The smallest absolute Gasteiger partial charge is 0.258 e. The molecule has 1 aromatic heterocycles. The number of fused-ring (bicyclic) bond motifs is 1. The maximum absolute atomic E-state index is 12.7. The molecular formula is C18H20BrN3O4S2. The summed E-state index contributed by atoms with van der Waals surface area (Å²) in [6.45, 7) is 0.889. The molecule has 28 heavy (non-hydrogen) atoms. The molecule has 1 aliphatic heterocycles. The predicted molar refractivity (Wildman–Crippen MR) is 110 cm³/mol. The number of rotatable bonds is 6. The van der Waals surface area contributed by atoms with Crippen LogP contribution in [0, 0.1) is 0 Å². The standard InChI is InChI=1S/C18H20BrN3O4S2/c19-14-7-6-12(28(24,25)20-10-11-3-2-8-26-11)9-13(14)17(23)22-18-21-15-4-1-5-16(15)27-18/h6-7,9,11,20H,1-5,8,10H2,(H,21,22,23). The minimum absolute atomic E-state index is 0.0421. The number of halogens is 1. The van der Waals surface area contributed by atoms with Crippen molar-refractivity contribution in [1.29, 1.82) is 0 Å². The highest BCUT2D eigenvalue weighted by molar-refractivity contribution is 9.10. The zero-order valence-electron chi connectivity index (χ0n) is 15.0. The molecule has 1 saturated heterocycles. The second-order valence-corrected chi connectivity index (χ2v) is 10.5. The minimum atomic E-state index is -3.73. The van der Waals surface area contributed by atoms with E-state index < -0.39 is 15.9 Å². The molecule has 0 radical (unpaired) electrons. The SMILES string of the molecule is O=C(Nc1nc2c(s1)CCC2)c1cc(S(=O)(=O)NCC2CCCO2)ccc1Br. The van der Waals surface area contributed by atoms with E-state index in [1.54, 1.807) is 6.07 Å². The fourth-order valence-corrected chi connectivity index (χ4v) is 5.91.